The number of hydrogen-bond acceptors (Lipinski definition) is 4. The highest BCUT2D eigenvalue weighted by atomic mass is 28.4. The summed E-state index contributed by atoms with van der Waals surface area (Å²) in [6.45, 7) is 16.9. The zero-order valence-electron chi connectivity index (χ0n) is 25.9. The maximum Gasteiger partial charge on any atom is 0.260 e. The van der Waals surface area contributed by atoms with Gasteiger partial charge >= 0.3 is 0 Å². The van der Waals surface area contributed by atoms with E-state index in [2.05, 4.69) is 19.6 Å². The van der Waals surface area contributed by atoms with Gasteiger partial charge in [0.15, 0.2) is 39.9 Å². The van der Waals surface area contributed by atoms with Gasteiger partial charge in [-0.25, -0.2) is 22.0 Å². The van der Waals surface area contributed by atoms with Gasteiger partial charge in [-0.2, -0.15) is 0 Å². The second-order valence-electron chi connectivity index (χ2n) is 13.6. The van der Waals surface area contributed by atoms with Crippen molar-refractivity contribution in [2.45, 2.75) is 97.1 Å². The smallest absolute Gasteiger partial charge is 0.260 e. The van der Waals surface area contributed by atoms with Gasteiger partial charge in [-0.15, -0.1) is 0 Å². The molecule has 2 aromatic carbocycles. The van der Waals surface area contributed by atoms with E-state index in [0.29, 0.717) is 5.75 Å². The summed E-state index contributed by atoms with van der Waals surface area (Å²) >= 11 is 0. The molecule has 0 aromatic heterocycles. The van der Waals surface area contributed by atoms with Crippen molar-refractivity contribution < 1.29 is 40.3 Å². The normalized spacial score (nSPS) is 16.7. The molecule has 0 saturated heterocycles. The lowest BCUT2D eigenvalue weighted by Crippen LogP contribution is -2.52. The summed E-state index contributed by atoms with van der Waals surface area (Å²) in [5.41, 5.74) is -0.434. The van der Waals surface area contributed by atoms with E-state index < -0.39 is 68.8 Å². The second kappa shape index (κ2) is 12.8. The van der Waals surface area contributed by atoms with Crippen LogP contribution in [0.4, 0.5) is 22.0 Å². The highest BCUT2D eigenvalue weighted by molar-refractivity contribution is 6.70. The van der Waals surface area contributed by atoms with Gasteiger partial charge in [-0.1, -0.05) is 12.1 Å². The average Bonchev–Trinajstić information content (AvgIpc) is 2.85. The fraction of sp³-hybridized carbons (Fsp3) is 0.567. The molecule has 1 amide bonds. The first-order valence-electron chi connectivity index (χ1n) is 14.1. The molecular formula is C30H42F5NO4Si2. The summed E-state index contributed by atoms with van der Waals surface area (Å²) in [5.74, 6) is -11.7. The van der Waals surface area contributed by atoms with Gasteiger partial charge in [0.25, 0.3) is 5.91 Å². The molecule has 1 aliphatic rings. The Bertz CT molecular complexity index is 1280. The van der Waals surface area contributed by atoms with Gasteiger partial charge < -0.3 is 18.5 Å². The Morgan fingerprint density at radius 2 is 1.50 bits per heavy atom. The summed E-state index contributed by atoms with van der Waals surface area (Å²) in [5, 5.41) is 0. The van der Waals surface area contributed by atoms with Gasteiger partial charge in [0.1, 0.15) is 17.9 Å². The van der Waals surface area contributed by atoms with Gasteiger partial charge in [0.2, 0.25) is 5.82 Å². The lowest BCUT2D eigenvalue weighted by molar-refractivity contribution is 0.0307. The fourth-order valence-electron chi connectivity index (χ4n) is 5.06. The molecule has 3 rings (SSSR count). The zero-order valence-corrected chi connectivity index (χ0v) is 27.9. The molecule has 0 N–H and O–H groups in total. The van der Waals surface area contributed by atoms with Crippen LogP contribution < -0.4 is 4.74 Å². The van der Waals surface area contributed by atoms with Crippen LogP contribution in [0.25, 0.3) is 0 Å². The van der Waals surface area contributed by atoms with Crippen LogP contribution in [-0.4, -0.2) is 52.2 Å². The number of rotatable bonds is 10. The third kappa shape index (κ3) is 8.20. The summed E-state index contributed by atoms with van der Waals surface area (Å²) in [7, 11) is -4.07. The Balaban J connectivity index is 1.94. The maximum atomic E-state index is 14.6. The SMILES string of the molecule is CC(C)(C)N(CC(COc1cccc2c1CCCC2O[Si](C)(C)C)O[Si](C)(C)C)C(=O)c1c(F)c(F)c(F)c(F)c1F. The first-order chi connectivity index (χ1) is 19.2. The number of ether oxygens (including phenoxy) is 1. The summed E-state index contributed by atoms with van der Waals surface area (Å²) in [6.07, 6.45) is 1.89. The third-order valence-electron chi connectivity index (χ3n) is 6.71. The largest absolute Gasteiger partial charge is 0.491 e. The van der Waals surface area contributed by atoms with Gasteiger partial charge in [0, 0.05) is 12.1 Å². The lowest BCUT2D eigenvalue weighted by atomic mass is 9.89. The van der Waals surface area contributed by atoms with Gasteiger partial charge in [-0.3, -0.25) is 4.79 Å². The lowest BCUT2D eigenvalue weighted by Gasteiger charge is -2.39. The van der Waals surface area contributed by atoms with Crippen LogP contribution in [0.1, 0.15) is 61.2 Å². The third-order valence-corrected chi connectivity index (χ3v) is 8.75. The Kier molecular flexibility index (Phi) is 10.4. The Morgan fingerprint density at radius 1 is 0.929 bits per heavy atom. The molecular weight excluding hydrogens is 589 g/mol. The molecule has 5 nitrogen and oxygen atoms in total. The predicted octanol–water partition coefficient (Wildman–Crippen LogP) is 8.15. The van der Waals surface area contributed by atoms with Crippen molar-refractivity contribution in [2.75, 3.05) is 13.2 Å². The monoisotopic (exact) mass is 631 g/mol. The van der Waals surface area contributed by atoms with E-state index in [1.807, 2.05) is 37.8 Å². The summed E-state index contributed by atoms with van der Waals surface area (Å²) in [6, 6.07) is 5.82. The molecule has 0 bridgehead atoms. The van der Waals surface area contributed by atoms with Crippen LogP contribution >= 0.6 is 0 Å². The number of fused-ring (bicyclic) bond motifs is 1. The van der Waals surface area contributed by atoms with E-state index in [1.54, 1.807) is 20.8 Å². The number of carbonyl (C=O) groups excluding carboxylic acids is 1. The van der Waals surface area contributed by atoms with Crippen molar-refractivity contribution in [2.24, 2.45) is 0 Å². The Hall–Kier alpha value is -2.29. The number of amides is 1. The molecule has 12 heteroatoms. The topological polar surface area (TPSA) is 48.0 Å². The van der Waals surface area contributed by atoms with Gasteiger partial charge in [-0.05, 0) is 96.5 Å². The molecule has 0 saturated carbocycles. The zero-order chi connectivity index (χ0) is 31.8. The Labute approximate surface area is 247 Å². The molecule has 0 spiro atoms. The fourth-order valence-corrected chi connectivity index (χ4v) is 7.30. The van der Waals surface area contributed by atoms with E-state index in [4.69, 9.17) is 13.6 Å². The molecule has 0 radical (unpaired) electrons. The summed E-state index contributed by atoms with van der Waals surface area (Å²) < 4.78 is 90.0. The maximum absolute atomic E-state index is 14.6. The van der Waals surface area contributed by atoms with Crippen molar-refractivity contribution >= 4 is 22.5 Å². The highest BCUT2D eigenvalue weighted by Crippen LogP contribution is 2.39. The minimum absolute atomic E-state index is 0.00275. The van der Waals surface area contributed by atoms with Crippen molar-refractivity contribution in [3.63, 3.8) is 0 Å². The molecule has 42 heavy (non-hydrogen) atoms. The number of carbonyl (C=O) groups is 1. The highest BCUT2D eigenvalue weighted by Gasteiger charge is 2.38. The van der Waals surface area contributed by atoms with Crippen molar-refractivity contribution in [1.82, 2.24) is 4.90 Å². The minimum Gasteiger partial charge on any atom is -0.491 e. The standard InChI is InChI=1S/C30H42F5NO4Si2/c1-30(2,3)36(29(37)23-24(31)26(33)28(35)27(34)25(23)32)16-18(39-41(4,5)6)17-38-21-14-10-13-20-19(21)12-11-15-22(20)40-42(7,8)9/h10,13-14,18,22H,11-12,15-17H2,1-9H3. The predicted molar refractivity (Wildman–Crippen MR) is 157 cm³/mol. The Morgan fingerprint density at radius 3 is 2.02 bits per heavy atom. The minimum atomic E-state index is -2.32. The van der Waals surface area contributed by atoms with Crippen LogP contribution in [0.5, 0.6) is 5.75 Å². The first-order valence-corrected chi connectivity index (χ1v) is 21.0. The molecule has 2 aromatic rings. The van der Waals surface area contributed by atoms with Crippen LogP contribution in [0, 0.1) is 29.1 Å². The summed E-state index contributed by atoms with van der Waals surface area (Å²) in [4.78, 5) is 14.5. The second-order valence-corrected chi connectivity index (χ2v) is 22.6. The number of nitrogens with zero attached hydrogens (tertiary/aromatic N) is 1. The first kappa shape index (κ1) is 34.2. The number of benzene rings is 2. The van der Waals surface area contributed by atoms with Crippen LogP contribution in [0.3, 0.4) is 0 Å². The molecule has 0 fully saturated rings. The van der Waals surface area contributed by atoms with E-state index >= 15 is 0 Å². The molecule has 1 aliphatic carbocycles. The van der Waals surface area contributed by atoms with Crippen LogP contribution in [0.2, 0.25) is 39.3 Å². The van der Waals surface area contributed by atoms with Crippen LogP contribution in [0.15, 0.2) is 18.2 Å². The quantitative estimate of drug-likeness (QED) is 0.115. The van der Waals surface area contributed by atoms with E-state index in [0.717, 1.165) is 35.3 Å². The average molecular weight is 632 g/mol. The van der Waals surface area contributed by atoms with E-state index in [-0.39, 0.29) is 19.3 Å². The molecule has 2 unspecified atom stereocenters. The number of hydrogen-bond donors (Lipinski definition) is 0. The number of halogens is 5. The van der Waals surface area contributed by atoms with E-state index in [9.17, 15) is 26.7 Å². The van der Waals surface area contributed by atoms with Crippen molar-refractivity contribution in [1.29, 1.82) is 0 Å². The molecule has 0 aliphatic heterocycles. The van der Waals surface area contributed by atoms with Gasteiger partial charge in [0.05, 0.1) is 12.2 Å². The molecule has 2 atom stereocenters. The molecule has 234 valence electrons. The van der Waals surface area contributed by atoms with Crippen LogP contribution in [-0.2, 0) is 15.3 Å². The van der Waals surface area contributed by atoms with Crippen molar-refractivity contribution in [3.8, 4) is 5.75 Å². The molecule has 0 heterocycles. The van der Waals surface area contributed by atoms with E-state index in [1.165, 1.54) is 0 Å². The van der Waals surface area contributed by atoms with Crippen molar-refractivity contribution in [3.05, 3.63) is 64.0 Å².